The highest BCUT2D eigenvalue weighted by atomic mass is 16.5. The Morgan fingerprint density at radius 1 is 1.04 bits per heavy atom. The molecule has 136 valence electrons. The zero-order valence-corrected chi connectivity index (χ0v) is 16.0. The van der Waals surface area contributed by atoms with Gasteiger partial charge in [0.1, 0.15) is 18.5 Å². The third kappa shape index (κ3) is 6.18. The third-order valence-electron chi connectivity index (χ3n) is 4.43. The highest BCUT2D eigenvalue weighted by Gasteiger charge is 2.14. The zero-order chi connectivity index (χ0) is 18.2. The number of para-hydroxylation sites is 1. The lowest BCUT2D eigenvalue weighted by Gasteiger charge is -2.26. The summed E-state index contributed by atoms with van der Waals surface area (Å²) in [5.41, 5.74) is 5.01. The zero-order valence-electron chi connectivity index (χ0n) is 16.0. The molecule has 0 aliphatic rings. The second kappa shape index (κ2) is 9.59. The van der Waals surface area contributed by atoms with Crippen molar-refractivity contribution in [2.75, 3.05) is 19.7 Å². The van der Waals surface area contributed by atoms with E-state index in [1.807, 2.05) is 31.2 Å². The van der Waals surface area contributed by atoms with E-state index >= 15 is 0 Å². The maximum Gasteiger partial charge on any atom is 0.122 e. The van der Waals surface area contributed by atoms with Gasteiger partial charge in [-0.05, 0) is 56.5 Å². The molecule has 0 saturated heterocycles. The van der Waals surface area contributed by atoms with Crippen molar-refractivity contribution in [2.24, 2.45) is 0 Å². The van der Waals surface area contributed by atoms with E-state index in [0.29, 0.717) is 13.2 Å². The number of rotatable bonds is 9. The smallest absolute Gasteiger partial charge is 0.122 e. The van der Waals surface area contributed by atoms with Gasteiger partial charge in [0.25, 0.3) is 0 Å². The van der Waals surface area contributed by atoms with Crippen LogP contribution in [0.4, 0.5) is 0 Å². The van der Waals surface area contributed by atoms with E-state index < -0.39 is 6.10 Å². The van der Waals surface area contributed by atoms with E-state index in [0.717, 1.165) is 30.8 Å². The van der Waals surface area contributed by atoms with Crippen molar-refractivity contribution in [2.45, 2.75) is 46.8 Å². The molecule has 0 unspecified atom stereocenters. The molecule has 0 heterocycles. The number of nitrogens with zero attached hydrogens (tertiary/aromatic N) is 1. The Bertz CT molecular complexity index is 669. The number of aliphatic hydroxyl groups is 1. The molecule has 0 aliphatic carbocycles. The van der Waals surface area contributed by atoms with Crippen LogP contribution in [0.5, 0.6) is 5.75 Å². The molecule has 0 radical (unpaired) electrons. The fourth-order valence-corrected chi connectivity index (χ4v) is 3.02. The Hall–Kier alpha value is -1.84. The van der Waals surface area contributed by atoms with Gasteiger partial charge >= 0.3 is 0 Å². The van der Waals surface area contributed by atoms with Gasteiger partial charge in [0.05, 0.1) is 0 Å². The molecule has 25 heavy (non-hydrogen) atoms. The number of hydrogen-bond acceptors (Lipinski definition) is 3. The minimum atomic E-state index is -0.503. The first kappa shape index (κ1) is 19.5. The first-order valence-corrected chi connectivity index (χ1v) is 9.14. The van der Waals surface area contributed by atoms with Crippen LogP contribution in [0, 0.1) is 20.8 Å². The van der Waals surface area contributed by atoms with Crippen LogP contribution in [0.2, 0.25) is 0 Å². The molecule has 1 atom stereocenters. The van der Waals surface area contributed by atoms with Gasteiger partial charge in [0.15, 0.2) is 0 Å². The minimum Gasteiger partial charge on any atom is -0.491 e. The van der Waals surface area contributed by atoms with Gasteiger partial charge in [-0.1, -0.05) is 48.9 Å². The molecule has 2 aromatic carbocycles. The minimum absolute atomic E-state index is 0.317. The molecule has 0 amide bonds. The van der Waals surface area contributed by atoms with Crippen LogP contribution >= 0.6 is 0 Å². The number of benzene rings is 2. The number of aliphatic hydroxyl groups excluding tert-OH is 1. The molecule has 0 aromatic heterocycles. The Morgan fingerprint density at radius 2 is 1.80 bits per heavy atom. The fraction of sp³-hybridized carbons (Fsp3) is 0.455. The molecular weight excluding hydrogens is 310 g/mol. The standard InChI is InChI=1S/C22H31NO2/c1-5-12-23(14-20-13-17(2)10-11-18(20)3)15-21(24)16-25-22-9-7-6-8-19(22)4/h6-11,13,21,24H,5,12,14-16H2,1-4H3/t21-/m1/s1. The molecule has 0 saturated carbocycles. The van der Waals surface area contributed by atoms with Crippen molar-refractivity contribution in [3.63, 3.8) is 0 Å². The van der Waals surface area contributed by atoms with Crippen LogP contribution in [0.3, 0.4) is 0 Å². The van der Waals surface area contributed by atoms with Crippen molar-refractivity contribution >= 4 is 0 Å². The monoisotopic (exact) mass is 341 g/mol. The van der Waals surface area contributed by atoms with E-state index in [4.69, 9.17) is 4.74 Å². The lowest BCUT2D eigenvalue weighted by Crippen LogP contribution is -2.36. The maximum atomic E-state index is 10.4. The van der Waals surface area contributed by atoms with Crippen LogP contribution in [0.25, 0.3) is 0 Å². The lowest BCUT2D eigenvalue weighted by atomic mass is 10.0. The van der Waals surface area contributed by atoms with E-state index in [1.165, 1.54) is 16.7 Å². The summed E-state index contributed by atoms with van der Waals surface area (Å²) < 4.78 is 5.79. The third-order valence-corrected chi connectivity index (χ3v) is 4.43. The lowest BCUT2D eigenvalue weighted by molar-refractivity contribution is 0.0653. The van der Waals surface area contributed by atoms with Crippen molar-refractivity contribution in [1.29, 1.82) is 0 Å². The van der Waals surface area contributed by atoms with Crippen LogP contribution in [0.15, 0.2) is 42.5 Å². The molecule has 0 fully saturated rings. The molecule has 2 rings (SSSR count). The first-order chi connectivity index (χ1) is 12.0. The number of ether oxygens (including phenoxy) is 1. The van der Waals surface area contributed by atoms with Gasteiger partial charge in [0, 0.05) is 13.1 Å². The van der Waals surface area contributed by atoms with Gasteiger partial charge < -0.3 is 9.84 Å². The number of aryl methyl sites for hydroxylation is 3. The fourth-order valence-electron chi connectivity index (χ4n) is 3.02. The Kier molecular flexibility index (Phi) is 7.48. The largest absolute Gasteiger partial charge is 0.491 e. The summed E-state index contributed by atoms with van der Waals surface area (Å²) in [7, 11) is 0. The normalized spacial score (nSPS) is 12.4. The van der Waals surface area contributed by atoms with E-state index in [-0.39, 0.29) is 0 Å². The molecule has 2 aromatic rings. The van der Waals surface area contributed by atoms with Crippen molar-refractivity contribution < 1.29 is 9.84 Å². The summed E-state index contributed by atoms with van der Waals surface area (Å²) in [6.45, 7) is 11.2. The Balaban J connectivity index is 1.93. The van der Waals surface area contributed by atoms with Crippen molar-refractivity contribution in [3.8, 4) is 5.75 Å². The topological polar surface area (TPSA) is 32.7 Å². The van der Waals surface area contributed by atoms with Gasteiger partial charge in [-0.15, -0.1) is 0 Å². The average molecular weight is 341 g/mol. The quantitative estimate of drug-likeness (QED) is 0.739. The van der Waals surface area contributed by atoms with Crippen LogP contribution < -0.4 is 4.74 Å². The van der Waals surface area contributed by atoms with E-state index in [2.05, 4.69) is 43.9 Å². The van der Waals surface area contributed by atoms with Crippen molar-refractivity contribution in [3.05, 3.63) is 64.7 Å². The average Bonchev–Trinajstić information content (AvgIpc) is 2.57. The first-order valence-electron chi connectivity index (χ1n) is 9.14. The predicted molar refractivity (Wildman–Crippen MR) is 104 cm³/mol. The summed E-state index contributed by atoms with van der Waals surface area (Å²) in [6.07, 6.45) is 0.562. The van der Waals surface area contributed by atoms with E-state index in [9.17, 15) is 5.11 Å². The molecule has 0 aliphatic heterocycles. The molecule has 0 spiro atoms. The highest BCUT2D eigenvalue weighted by Crippen LogP contribution is 2.17. The van der Waals surface area contributed by atoms with Gasteiger partial charge in [-0.2, -0.15) is 0 Å². The molecule has 0 bridgehead atoms. The van der Waals surface area contributed by atoms with E-state index in [1.54, 1.807) is 0 Å². The molecular formula is C22H31NO2. The SMILES string of the molecule is CCCN(Cc1cc(C)ccc1C)C[C@@H](O)COc1ccccc1C. The number of hydrogen-bond donors (Lipinski definition) is 1. The Labute approximate surface area is 152 Å². The van der Waals surface area contributed by atoms with Gasteiger partial charge in [-0.3, -0.25) is 4.90 Å². The van der Waals surface area contributed by atoms with Gasteiger partial charge in [-0.25, -0.2) is 0 Å². The van der Waals surface area contributed by atoms with Crippen LogP contribution in [-0.2, 0) is 6.54 Å². The summed E-state index contributed by atoms with van der Waals surface area (Å²) >= 11 is 0. The second-order valence-corrected chi connectivity index (χ2v) is 6.90. The molecule has 3 nitrogen and oxygen atoms in total. The molecule has 3 heteroatoms. The van der Waals surface area contributed by atoms with Crippen LogP contribution in [0.1, 0.15) is 35.6 Å². The summed E-state index contributed by atoms with van der Waals surface area (Å²) in [6, 6.07) is 14.5. The molecule has 1 N–H and O–H groups in total. The predicted octanol–water partition coefficient (Wildman–Crippen LogP) is 4.26. The maximum absolute atomic E-state index is 10.4. The second-order valence-electron chi connectivity index (χ2n) is 6.90. The summed E-state index contributed by atoms with van der Waals surface area (Å²) in [5, 5.41) is 10.4. The highest BCUT2D eigenvalue weighted by molar-refractivity contribution is 5.32. The van der Waals surface area contributed by atoms with Gasteiger partial charge in [0.2, 0.25) is 0 Å². The summed E-state index contributed by atoms with van der Waals surface area (Å²) in [5.74, 6) is 0.845. The van der Waals surface area contributed by atoms with Crippen molar-refractivity contribution in [1.82, 2.24) is 4.90 Å². The summed E-state index contributed by atoms with van der Waals surface area (Å²) in [4.78, 5) is 2.31. The van der Waals surface area contributed by atoms with Crippen LogP contribution in [-0.4, -0.2) is 35.8 Å². The Morgan fingerprint density at radius 3 is 2.52 bits per heavy atom.